The largest absolute Gasteiger partial charge is 0.302 e. The Morgan fingerprint density at radius 2 is 1.77 bits per heavy atom. The second-order valence-corrected chi connectivity index (χ2v) is 7.53. The molecule has 0 amide bonds. The van der Waals surface area contributed by atoms with Gasteiger partial charge in [-0.2, -0.15) is 0 Å². The first-order chi connectivity index (χ1) is 15.1. The van der Waals surface area contributed by atoms with Crippen molar-refractivity contribution < 1.29 is 9.72 Å². The van der Waals surface area contributed by atoms with Crippen LogP contribution >= 0.6 is 11.8 Å². The van der Waals surface area contributed by atoms with Crippen LogP contribution in [0.5, 0.6) is 0 Å². The summed E-state index contributed by atoms with van der Waals surface area (Å²) >= 11 is 1.15. The maximum atomic E-state index is 12.7. The van der Waals surface area contributed by atoms with Crippen molar-refractivity contribution in [3.8, 4) is 11.4 Å². The van der Waals surface area contributed by atoms with Crippen LogP contribution in [0.1, 0.15) is 22.8 Å². The number of aromatic nitrogens is 4. The van der Waals surface area contributed by atoms with Crippen LogP contribution in [-0.2, 0) is 6.54 Å². The number of hydrogen-bond acceptors (Lipinski definition) is 7. The minimum absolute atomic E-state index is 0.150. The number of carbonyl (C=O) groups is 1. The highest BCUT2D eigenvalue weighted by Gasteiger charge is 2.22. The van der Waals surface area contributed by atoms with Gasteiger partial charge in [0.25, 0.3) is 5.69 Å². The van der Waals surface area contributed by atoms with Crippen molar-refractivity contribution in [3.05, 3.63) is 94.3 Å². The topological polar surface area (TPSA) is 104 Å². The highest BCUT2D eigenvalue weighted by atomic mass is 32.2. The maximum absolute atomic E-state index is 12.7. The lowest BCUT2D eigenvalue weighted by atomic mass is 10.0. The van der Waals surface area contributed by atoms with Gasteiger partial charge < -0.3 is 4.57 Å². The summed E-state index contributed by atoms with van der Waals surface area (Å²) in [5, 5.41) is 20.7. The maximum Gasteiger partial charge on any atom is 0.284 e. The van der Waals surface area contributed by atoms with Gasteiger partial charge in [-0.15, -0.1) is 10.2 Å². The van der Waals surface area contributed by atoms with Gasteiger partial charge in [0.1, 0.15) is 0 Å². The monoisotopic (exact) mass is 431 g/mol. The van der Waals surface area contributed by atoms with E-state index in [1.807, 2.05) is 29.7 Å². The Bertz CT molecular complexity index is 1240. The number of pyridine rings is 1. The molecule has 0 radical (unpaired) electrons. The molecule has 0 bridgehead atoms. The molecule has 2 heterocycles. The number of nitro benzene ring substituents is 1. The minimum Gasteiger partial charge on any atom is -0.302 e. The van der Waals surface area contributed by atoms with Gasteiger partial charge in [0.15, 0.2) is 16.8 Å². The van der Waals surface area contributed by atoms with E-state index in [1.165, 1.54) is 6.07 Å². The van der Waals surface area contributed by atoms with Crippen LogP contribution in [0.15, 0.2) is 83.1 Å². The second kappa shape index (κ2) is 8.88. The average Bonchev–Trinajstić information content (AvgIpc) is 3.22. The van der Waals surface area contributed by atoms with Crippen LogP contribution in [0.3, 0.4) is 0 Å². The summed E-state index contributed by atoms with van der Waals surface area (Å²) in [5.41, 5.74) is 1.44. The Balaban J connectivity index is 1.69. The van der Waals surface area contributed by atoms with Gasteiger partial charge in [0.2, 0.25) is 0 Å². The third kappa shape index (κ3) is 4.22. The molecule has 2 aromatic heterocycles. The van der Waals surface area contributed by atoms with Crippen molar-refractivity contribution in [1.29, 1.82) is 0 Å². The van der Waals surface area contributed by atoms with Gasteiger partial charge in [0, 0.05) is 41.7 Å². The lowest BCUT2D eigenvalue weighted by Gasteiger charge is -2.08. The first-order valence-electron chi connectivity index (χ1n) is 9.48. The number of rotatable bonds is 7. The molecule has 8 nitrogen and oxygen atoms in total. The molecule has 31 heavy (non-hydrogen) atoms. The van der Waals surface area contributed by atoms with Crippen LogP contribution in [0.2, 0.25) is 0 Å². The predicted octanol–water partition coefficient (Wildman–Crippen LogP) is 4.65. The molecule has 0 aliphatic rings. The van der Waals surface area contributed by atoms with Gasteiger partial charge in [0.05, 0.1) is 9.82 Å². The first kappa shape index (κ1) is 20.4. The van der Waals surface area contributed by atoms with E-state index in [2.05, 4.69) is 15.2 Å². The van der Waals surface area contributed by atoms with Crippen molar-refractivity contribution >= 4 is 23.2 Å². The molecule has 154 valence electrons. The van der Waals surface area contributed by atoms with E-state index < -0.39 is 4.92 Å². The summed E-state index contributed by atoms with van der Waals surface area (Å²) in [6, 6.07) is 16.8. The van der Waals surface area contributed by atoms with Gasteiger partial charge in [-0.1, -0.05) is 30.3 Å². The molecule has 0 atom stereocenters. The first-order valence-corrected chi connectivity index (χ1v) is 10.3. The highest BCUT2D eigenvalue weighted by Crippen LogP contribution is 2.36. The zero-order valence-electron chi connectivity index (χ0n) is 16.5. The molecule has 0 aliphatic carbocycles. The minimum atomic E-state index is -0.486. The molecule has 0 saturated carbocycles. The van der Waals surface area contributed by atoms with E-state index in [4.69, 9.17) is 0 Å². The Labute approximate surface area is 182 Å². The summed E-state index contributed by atoms with van der Waals surface area (Å²) in [4.78, 5) is 28.3. The highest BCUT2D eigenvalue weighted by molar-refractivity contribution is 7.99. The molecule has 0 spiro atoms. The Morgan fingerprint density at radius 1 is 1.03 bits per heavy atom. The number of benzene rings is 2. The lowest BCUT2D eigenvalue weighted by molar-refractivity contribution is -0.387. The number of nitro groups is 1. The molecule has 0 unspecified atom stereocenters. The third-order valence-electron chi connectivity index (χ3n) is 4.63. The summed E-state index contributed by atoms with van der Waals surface area (Å²) in [6.45, 7) is 2.54. The van der Waals surface area contributed by atoms with Gasteiger partial charge >= 0.3 is 0 Å². The second-order valence-electron chi connectivity index (χ2n) is 6.52. The number of carbonyl (C=O) groups excluding carboxylic acids is 1. The summed E-state index contributed by atoms with van der Waals surface area (Å²) < 4.78 is 1.88. The van der Waals surface area contributed by atoms with Gasteiger partial charge in [-0.25, -0.2) is 0 Å². The van der Waals surface area contributed by atoms with Crippen LogP contribution in [0.4, 0.5) is 5.69 Å². The van der Waals surface area contributed by atoms with E-state index >= 15 is 0 Å². The van der Waals surface area contributed by atoms with E-state index in [1.54, 1.807) is 48.8 Å². The fourth-order valence-electron chi connectivity index (χ4n) is 3.11. The van der Waals surface area contributed by atoms with Crippen LogP contribution < -0.4 is 0 Å². The fourth-order valence-corrected chi connectivity index (χ4v) is 4.08. The van der Waals surface area contributed by atoms with Crippen molar-refractivity contribution in [3.63, 3.8) is 0 Å². The molecule has 4 rings (SSSR count). The standard InChI is InChI=1S/C22H17N5O3S/c1-2-26-21(16-10-12-23-13-11-16)24-25-22(26)31-19-9-8-17(14-18(19)27(29)30)20(28)15-6-4-3-5-7-15/h3-14H,2H2,1H3. The van der Waals surface area contributed by atoms with Crippen molar-refractivity contribution in [2.75, 3.05) is 0 Å². The Hall–Kier alpha value is -3.85. The van der Waals surface area contributed by atoms with Gasteiger partial charge in [-0.05, 0) is 43.0 Å². The molecule has 0 aliphatic heterocycles. The number of hydrogen-bond donors (Lipinski definition) is 0. The predicted molar refractivity (Wildman–Crippen MR) is 116 cm³/mol. The lowest BCUT2D eigenvalue weighted by Crippen LogP contribution is -2.03. The van der Waals surface area contributed by atoms with Crippen LogP contribution in [0, 0.1) is 10.1 Å². The van der Waals surface area contributed by atoms with Crippen molar-refractivity contribution in [2.45, 2.75) is 23.5 Å². The normalized spacial score (nSPS) is 10.7. The van der Waals surface area contributed by atoms with Crippen LogP contribution in [0.25, 0.3) is 11.4 Å². The van der Waals surface area contributed by atoms with Crippen molar-refractivity contribution in [2.24, 2.45) is 0 Å². The zero-order valence-corrected chi connectivity index (χ0v) is 17.3. The SMILES string of the molecule is CCn1c(Sc2ccc(C(=O)c3ccccc3)cc2[N+](=O)[O-])nnc1-c1ccncc1. The molecule has 9 heteroatoms. The molecule has 0 N–H and O–H groups in total. The molecule has 2 aromatic carbocycles. The zero-order chi connectivity index (χ0) is 21.8. The number of nitrogens with zero attached hydrogens (tertiary/aromatic N) is 5. The van der Waals surface area contributed by atoms with E-state index in [-0.39, 0.29) is 17.0 Å². The van der Waals surface area contributed by atoms with Gasteiger partial charge in [-0.3, -0.25) is 19.9 Å². The van der Waals surface area contributed by atoms with E-state index in [9.17, 15) is 14.9 Å². The molecular formula is C22H17N5O3S. The summed E-state index contributed by atoms with van der Waals surface area (Å²) in [5.74, 6) is 0.392. The van der Waals surface area contributed by atoms with Crippen molar-refractivity contribution in [1.82, 2.24) is 19.7 Å². The summed E-state index contributed by atoms with van der Waals surface area (Å²) in [7, 11) is 0. The van der Waals surface area contributed by atoms with E-state index in [0.717, 1.165) is 17.3 Å². The van der Waals surface area contributed by atoms with E-state index in [0.29, 0.717) is 28.0 Å². The fraction of sp³-hybridized carbons (Fsp3) is 0.0909. The average molecular weight is 431 g/mol. The summed E-state index contributed by atoms with van der Waals surface area (Å²) in [6.07, 6.45) is 3.34. The molecule has 0 fully saturated rings. The molecule has 4 aromatic rings. The number of ketones is 1. The smallest absolute Gasteiger partial charge is 0.284 e. The third-order valence-corrected chi connectivity index (χ3v) is 5.68. The van der Waals surface area contributed by atoms with Crippen LogP contribution in [-0.4, -0.2) is 30.5 Å². The molecule has 0 saturated heterocycles. The molecular weight excluding hydrogens is 414 g/mol. The Kier molecular flexibility index (Phi) is 5.85. The Morgan fingerprint density at radius 3 is 2.45 bits per heavy atom. The quantitative estimate of drug-likeness (QED) is 0.238.